The van der Waals surface area contributed by atoms with Gasteiger partial charge in [0.05, 0.1) is 0 Å². The maximum absolute atomic E-state index is 2.65. The molecule has 74 valence electrons. The van der Waals surface area contributed by atoms with Gasteiger partial charge in [-0.05, 0) is 49.9 Å². The molecule has 1 aromatic rings. The Kier molecular flexibility index (Phi) is 2.06. The third kappa shape index (κ3) is 1.36. The summed E-state index contributed by atoms with van der Waals surface area (Å²) in [5.74, 6) is 0. The normalized spacial score (nSPS) is 26.7. The molecule has 1 heteroatoms. The monoisotopic (exact) mass is 187 g/mol. The minimum atomic E-state index is 0.846. The predicted octanol–water partition coefficient (Wildman–Crippen LogP) is 2.25. The molecule has 0 N–H and O–H groups in total. The maximum Gasteiger partial charge on any atom is 0.0139 e. The molecule has 0 bridgehead atoms. The molecular weight excluding hydrogens is 170 g/mol. The molecule has 2 aliphatic rings. The molecule has 1 saturated heterocycles. The summed E-state index contributed by atoms with van der Waals surface area (Å²) in [5, 5.41) is 0. The summed E-state index contributed by atoms with van der Waals surface area (Å²) in [6, 6.07) is 9.79. The van der Waals surface area contributed by atoms with Crippen LogP contribution in [0.5, 0.6) is 0 Å². The van der Waals surface area contributed by atoms with Crippen molar-refractivity contribution in [2.24, 2.45) is 0 Å². The van der Waals surface area contributed by atoms with E-state index in [1.54, 1.807) is 11.1 Å². The van der Waals surface area contributed by atoms with Crippen molar-refractivity contribution in [3.8, 4) is 0 Å². The molecular formula is C13H17N. The summed E-state index contributed by atoms with van der Waals surface area (Å²) in [5.41, 5.74) is 3.18. The summed E-state index contributed by atoms with van der Waals surface area (Å²) in [6.45, 7) is 2.68. The third-order valence-electron chi connectivity index (χ3n) is 3.73. The van der Waals surface area contributed by atoms with Gasteiger partial charge in [-0.2, -0.15) is 0 Å². The maximum atomic E-state index is 2.65. The van der Waals surface area contributed by atoms with Crippen molar-refractivity contribution in [1.29, 1.82) is 0 Å². The molecule has 1 atom stereocenters. The third-order valence-corrected chi connectivity index (χ3v) is 3.73. The van der Waals surface area contributed by atoms with Crippen LogP contribution in [0.2, 0.25) is 0 Å². The molecule has 1 nitrogen and oxygen atoms in total. The summed E-state index contributed by atoms with van der Waals surface area (Å²) >= 11 is 0. The molecule has 1 unspecified atom stereocenters. The van der Waals surface area contributed by atoms with Crippen LogP contribution in [0.3, 0.4) is 0 Å². The van der Waals surface area contributed by atoms with Crippen molar-refractivity contribution in [3.05, 3.63) is 35.4 Å². The van der Waals surface area contributed by atoms with E-state index in [2.05, 4.69) is 29.2 Å². The Morgan fingerprint density at radius 3 is 2.57 bits per heavy atom. The fourth-order valence-corrected chi connectivity index (χ4v) is 2.70. The Hall–Kier alpha value is -0.820. The first kappa shape index (κ1) is 8.49. The second kappa shape index (κ2) is 3.39. The van der Waals surface area contributed by atoms with E-state index in [-0.39, 0.29) is 0 Å². The molecule has 14 heavy (non-hydrogen) atoms. The molecule has 0 radical (unpaired) electrons. The van der Waals surface area contributed by atoms with Gasteiger partial charge in [-0.15, -0.1) is 0 Å². The van der Waals surface area contributed by atoms with Crippen LogP contribution in [0.1, 0.15) is 24.0 Å². The van der Waals surface area contributed by atoms with Crippen LogP contribution in [0.4, 0.5) is 0 Å². The average molecular weight is 187 g/mol. The van der Waals surface area contributed by atoms with E-state index in [0.29, 0.717) is 0 Å². The van der Waals surface area contributed by atoms with E-state index in [1.807, 2.05) is 0 Å². The summed E-state index contributed by atoms with van der Waals surface area (Å²) < 4.78 is 0. The fourth-order valence-electron chi connectivity index (χ4n) is 2.70. The van der Waals surface area contributed by atoms with Crippen LogP contribution in [-0.2, 0) is 12.8 Å². The fraction of sp³-hybridized carbons (Fsp3) is 0.538. The van der Waals surface area contributed by atoms with Crippen LogP contribution >= 0.6 is 0 Å². The quantitative estimate of drug-likeness (QED) is 0.652. The first-order valence-corrected chi connectivity index (χ1v) is 5.74. The molecule has 1 aromatic carbocycles. The first-order valence-electron chi connectivity index (χ1n) is 5.74. The van der Waals surface area contributed by atoms with Crippen molar-refractivity contribution in [2.75, 3.05) is 13.1 Å². The molecule has 0 amide bonds. The van der Waals surface area contributed by atoms with Gasteiger partial charge in [0, 0.05) is 6.04 Å². The minimum absolute atomic E-state index is 0.846. The number of rotatable bonds is 1. The number of aryl methyl sites for hydroxylation is 1. The molecule has 0 aromatic heterocycles. The van der Waals surface area contributed by atoms with Gasteiger partial charge in [0.15, 0.2) is 0 Å². The lowest BCUT2D eigenvalue weighted by Crippen LogP contribution is -2.47. The molecule has 1 aliphatic carbocycles. The zero-order valence-corrected chi connectivity index (χ0v) is 8.58. The highest BCUT2D eigenvalue weighted by Gasteiger charge is 2.27. The lowest BCUT2D eigenvalue weighted by atomic mass is 9.86. The zero-order valence-electron chi connectivity index (χ0n) is 8.58. The Morgan fingerprint density at radius 1 is 1.07 bits per heavy atom. The molecule has 1 fully saturated rings. The summed E-state index contributed by atoms with van der Waals surface area (Å²) in [6.07, 6.45) is 5.36. The largest absolute Gasteiger partial charge is 0.300 e. The van der Waals surface area contributed by atoms with E-state index < -0.39 is 0 Å². The Bertz CT molecular complexity index is 328. The highest BCUT2D eigenvalue weighted by atomic mass is 15.2. The van der Waals surface area contributed by atoms with Crippen LogP contribution in [0.15, 0.2) is 24.3 Å². The number of hydrogen-bond acceptors (Lipinski definition) is 1. The van der Waals surface area contributed by atoms with Crippen molar-refractivity contribution in [3.63, 3.8) is 0 Å². The Morgan fingerprint density at radius 2 is 1.86 bits per heavy atom. The number of likely N-dealkylation sites (tertiary alicyclic amines) is 1. The van der Waals surface area contributed by atoms with Crippen LogP contribution in [0.25, 0.3) is 0 Å². The van der Waals surface area contributed by atoms with Crippen LogP contribution in [-0.4, -0.2) is 24.0 Å². The van der Waals surface area contributed by atoms with E-state index in [1.165, 1.54) is 38.8 Å². The SMILES string of the molecule is c1ccc2c(c1)CCC(N1CCC1)C2. The molecule has 3 rings (SSSR count). The van der Waals surface area contributed by atoms with Crippen LogP contribution < -0.4 is 0 Å². The first-order chi connectivity index (χ1) is 6.93. The summed E-state index contributed by atoms with van der Waals surface area (Å²) in [4.78, 5) is 2.65. The molecule has 0 spiro atoms. The number of hydrogen-bond donors (Lipinski definition) is 0. The molecule has 0 saturated carbocycles. The van der Waals surface area contributed by atoms with Crippen molar-refractivity contribution in [2.45, 2.75) is 31.7 Å². The second-order valence-electron chi connectivity index (χ2n) is 4.55. The van der Waals surface area contributed by atoms with E-state index in [9.17, 15) is 0 Å². The van der Waals surface area contributed by atoms with Gasteiger partial charge in [-0.3, -0.25) is 4.90 Å². The number of benzene rings is 1. The predicted molar refractivity (Wildman–Crippen MR) is 58.4 cm³/mol. The van der Waals surface area contributed by atoms with E-state index >= 15 is 0 Å². The van der Waals surface area contributed by atoms with Gasteiger partial charge in [0.2, 0.25) is 0 Å². The van der Waals surface area contributed by atoms with Crippen molar-refractivity contribution < 1.29 is 0 Å². The van der Waals surface area contributed by atoms with E-state index in [4.69, 9.17) is 0 Å². The zero-order chi connectivity index (χ0) is 9.38. The van der Waals surface area contributed by atoms with Gasteiger partial charge in [-0.1, -0.05) is 24.3 Å². The topological polar surface area (TPSA) is 3.24 Å². The van der Waals surface area contributed by atoms with Gasteiger partial charge in [0.25, 0.3) is 0 Å². The smallest absolute Gasteiger partial charge is 0.0139 e. The van der Waals surface area contributed by atoms with E-state index in [0.717, 1.165) is 6.04 Å². The minimum Gasteiger partial charge on any atom is -0.300 e. The van der Waals surface area contributed by atoms with Gasteiger partial charge in [-0.25, -0.2) is 0 Å². The Labute approximate surface area is 85.7 Å². The second-order valence-corrected chi connectivity index (χ2v) is 4.55. The number of nitrogens with zero attached hydrogens (tertiary/aromatic N) is 1. The van der Waals surface area contributed by atoms with Crippen LogP contribution in [0, 0.1) is 0 Å². The lowest BCUT2D eigenvalue weighted by Gasteiger charge is -2.40. The highest BCUT2D eigenvalue weighted by Crippen LogP contribution is 2.26. The lowest BCUT2D eigenvalue weighted by molar-refractivity contribution is 0.107. The highest BCUT2D eigenvalue weighted by molar-refractivity contribution is 5.30. The standard InChI is InChI=1S/C13H17N/c1-2-5-12-10-13(14-8-3-9-14)7-6-11(12)4-1/h1-2,4-5,13H,3,6-10H2. The van der Waals surface area contributed by atoms with Crippen molar-refractivity contribution in [1.82, 2.24) is 4.90 Å². The molecule has 1 aliphatic heterocycles. The Balaban J connectivity index is 1.79. The number of fused-ring (bicyclic) bond motifs is 1. The van der Waals surface area contributed by atoms with Gasteiger partial charge in [0.1, 0.15) is 0 Å². The van der Waals surface area contributed by atoms with Gasteiger partial charge < -0.3 is 0 Å². The van der Waals surface area contributed by atoms with Crippen molar-refractivity contribution >= 4 is 0 Å². The summed E-state index contributed by atoms with van der Waals surface area (Å²) in [7, 11) is 0. The van der Waals surface area contributed by atoms with Gasteiger partial charge >= 0.3 is 0 Å². The average Bonchev–Trinajstić information content (AvgIpc) is 2.15. The molecule has 1 heterocycles.